The molecule has 2 aromatic carbocycles. The Balaban J connectivity index is 2.00. The van der Waals surface area contributed by atoms with E-state index < -0.39 is 11.9 Å². The van der Waals surface area contributed by atoms with Gasteiger partial charge in [0, 0.05) is 5.56 Å². The van der Waals surface area contributed by atoms with Crippen LogP contribution in [0.3, 0.4) is 0 Å². The third-order valence-electron chi connectivity index (χ3n) is 5.82. The van der Waals surface area contributed by atoms with Gasteiger partial charge in [-0.1, -0.05) is 71.4 Å². The van der Waals surface area contributed by atoms with Crippen LogP contribution in [-0.4, -0.2) is 37.7 Å². The van der Waals surface area contributed by atoms with Gasteiger partial charge >= 0.3 is 11.9 Å². The molecule has 0 saturated carbocycles. The van der Waals surface area contributed by atoms with Gasteiger partial charge in [-0.15, -0.1) is 0 Å². The van der Waals surface area contributed by atoms with E-state index in [1.165, 1.54) is 32.1 Å². The second-order valence-corrected chi connectivity index (χ2v) is 9.36. The number of hydrogen-bond donors (Lipinski definition) is 1. The number of hydrogen-bond acceptors (Lipinski definition) is 7. The summed E-state index contributed by atoms with van der Waals surface area (Å²) in [6, 6.07) is 13.5. The molecule has 0 fully saturated rings. The number of anilines is 1. The van der Waals surface area contributed by atoms with E-state index in [0.717, 1.165) is 18.9 Å². The van der Waals surface area contributed by atoms with Crippen LogP contribution in [-0.2, 0) is 19.1 Å². The third kappa shape index (κ3) is 12.4. The molecule has 0 aliphatic rings. The van der Waals surface area contributed by atoms with Gasteiger partial charge in [0.25, 0.3) is 5.91 Å². The average molecular weight is 554 g/mol. The number of rotatable bonds is 19. The minimum atomic E-state index is -0.802. The zero-order valence-electron chi connectivity index (χ0n) is 24.0. The van der Waals surface area contributed by atoms with E-state index in [1.807, 2.05) is 13.8 Å². The summed E-state index contributed by atoms with van der Waals surface area (Å²) in [5.41, 5.74) is 0.752. The predicted octanol–water partition coefficient (Wildman–Crippen LogP) is 7.24. The summed E-state index contributed by atoms with van der Waals surface area (Å²) in [4.78, 5) is 37.6. The third-order valence-corrected chi connectivity index (χ3v) is 5.82. The number of unbranched alkanes of at least 4 members (excludes halogenated alkanes) is 6. The summed E-state index contributed by atoms with van der Waals surface area (Å²) in [5.74, 6) is -1.34. The molecule has 0 aromatic heterocycles. The van der Waals surface area contributed by atoms with Crippen molar-refractivity contribution >= 4 is 23.5 Å². The molecule has 0 bridgehead atoms. The maximum absolute atomic E-state index is 13.0. The molecule has 8 heteroatoms. The highest BCUT2D eigenvalue weighted by Gasteiger charge is 2.19. The SMILES string of the molecule is CCCCCCCCCOc1ccc(C(=O)Nc2ccccc2O/C(=C/C(=O)OCCC)C(=O)OCCC)cc1. The first-order chi connectivity index (χ1) is 19.5. The lowest BCUT2D eigenvalue weighted by Gasteiger charge is -2.14. The molecule has 0 atom stereocenters. The van der Waals surface area contributed by atoms with Crippen LogP contribution in [0.5, 0.6) is 11.5 Å². The first kappa shape index (κ1) is 32.4. The Morgan fingerprint density at radius 2 is 1.38 bits per heavy atom. The lowest BCUT2D eigenvalue weighted by atomic mass is 10.1. The van der Waals surface area contributed by atoms with Crippen LogP contribution in [0.1, 0.15) is 88.9 Å². The van der Waals surface area contributed by atoms with Crippen molar-refractivity contribution in [2.24, 2.45) is 0 Å². The van der Waals surface area contributed by atoms with Gasteiger partial charge in [0.2, 0.25) is 5.76 Å². The fourth-order valence-electron chi connectivity index (χ4n) is 3.67. The Kier molecular flexibility index (Phi) is 15.6. The Morgan fingerprint density at radius 3 is 2.08 bits per heavy atom. The second kappa shape index (κ2) is 19.3. The maximum atomic E-state index is 13.0. The number of carbonyl (C=O) groups is 3. The van der Waals surface area contributed by atoms with E-state index in [-0.39, 0.29) is 30.6 Å². The number of benzene rings is 2. The van der Waals surface area contributed by atoms with Gasteiger partial charge in [-0.2, -0.15) is 0 Å². The minimum absolute atomic E-state index is 0.167. The summed E-state index contributed by atoms with van der Waals surface area (Å²) in [7, 11) is 0. The van der Waals surface area contributed by atoms with Gasteiger partial charge in [0.05, 0.1) is 31.6 Å². The molecule has 0 unspecified atom stereocenters. The molecule has 40 heavy (non-hydrogen) atoms. The van der Waals surface area contributed by atoms with E-state index >= 15 is 0 Å². The van der Waals surface area contributed by atoms with Gasteiger partial charge in [-0.05, 0) is 55.7 Å². The largest absolute Gasteiger partial charge is 0.494 e. The summed E-state index contributed by atoms with van der Waals surface area (Å²) in [6.07, 6.45) is 10.7. The number of nitrogens with one attached hydrogen (secondary N) is 1. The molecule has 0 heterocycles. The summed E-state index contributed by atoms with van der Waals surface area (Å²) in [5, 5.41) is 2.80. The van der Waals surface area contributed by atoms with Crippen LogP contribution in [0.4, 0.5) is 5.69 Å². The van der Waals surface area contributed by atoms with Crippen LogP contribution >= 0.6 is 0 Å². The van der Waals surface area contributed by atoms with Crippen LogP contribution < -0.4 is 14.8 Å². The molecule has 218 valence electrons. The molecule has 1 N–H and O–H groups in total. The van der Waals surface area contributed by atoms with Gasteiger partial charge < -0.3 is 24.3 Å². The van der Waals surface area contributed by atoms with Crippen LogP contribution in [0.15, 0.2) is 60.4 Å². The molecule has 0 spiro atoms. The Morgan fingerprint density at radius 1 is 0.725 bits per heavy atom. The number of para-hydroxylation sites is 2. The molecule has 0 aliphatic heterocycles. The lowest BCUT2D eigenvalue weighted by Crippen LogP contribution is -2.17. The quantitative estimate of drug-likeness (QED) is 0.0847. The van der Waals surface area contributed by atoms with Crippen molar-refractivity contribution in [3.63, 3.8) is 0 Å². The van der Waals surface area contributed by atoms with Crippen molar-refractivity contribution in [2.75, 3.05) is 25.1 Å². The van der Waals surface area contributed by atoms with E-state index in [9.17, 15) is 14.4 Å². The van der Waals surface area contributed by atoms with Gasteiger partial charge in [0.1, 0.15) is 5.75 Å². The maximum Gasteiger partial charge on any atom is 0.374 e. The standard InChI is InChI=1S/C32H43NO7/c1-4-7-8-9-10-11-14-23-37-26-19-17-25(18-20-26)31(35)33-27-15-12-13-16-28(27)40-29(32(36)39-22-6-3)24-30(34)38-21-5-2/h12-13,15-20,24H,4-11,14,21-23H2,1-3H3,(H,33,35)/b29-24+. The van der Waals surface area contributed by atoms with Crippen molar-refractivity contribution in [1.29, 1.82) is 0 Å². The van der Waals surface area contributed by atoms with Gasteiger partial charge in [-0.3, -0.25) is 4.79 Å². The van der Waals surface area contributed by atoms with E-state index in [4.69, 9.17) is 18.9 Å². The van der Waals surface area contributed by atoms with E-state index in [1.54, 1.807) is 48.5 Å². The Labute approximate surface area is 238 Å². The molecule has 1 amide bonds. The lowest BCUT2D eigenvalue weighted by molar-refractivity contribution is -0.143. The molecule has 2 aromatic rings. The Bertz CT molecular complexity index is 1080. The molecule has 8 nitrogen and oxygen atoms in total. The number of ether oxygens (including phenoxy) is 4. The second-order valence-electron chi connectivity index (χ2n) is 9.36. The fraction of sp³-hybridized carbons (Fsp3) is 0.469. The predicted molar refractivity (Wildman–Crippen MR) is 156 cm³/mol. The van der Waals surface area contributed by atoms with Crippen LogP contribution in [0, 0.1) is 0 Å². The number of carbonyl (C=O) groups excluding carboxylic acids is 3. The highest BCUT2D eigenvalue weighted by Crippen LogP contribution is 2.27. The molecular formula is C32H43NO7. The van der Waals surface area contributed by atoms with Crippen molar-refractivity contribution in [1.82, 2.24) is 0 Å². The smallest absolute Gasteiger partial charge is 0.374 e. The normalized spacial score (nSPS) is 11.0. The van der Waals surface area contributed by atoms with Crippen molar-refractivity contribution < 1.29 is 33.3 Å². The van der Waals surface area contributed by atoms with Crippen molar-refractivity contribution in [3.05, 3.63) is 65.9 Å². The molecule has 2 rings (SSSR count). The summed E-state index contributed by atoms with van der Waals surface area (Å²) >= 11 is 0. The first-order valence-corrected chi connectivity index (χ1v) is 14.3. The highest BCUT2D eigenvalue weighted by atomic mass is 16.6. The topological polar surface area (TPSA) is 100 Å². The molecule has 0 radical (unpaired) electrons. The molecule has 0 saturated heterocycles. The summed E-state index contributed by atoms with van der Waals surface area (Å²) < 4.78 is 21.8. The zero-order chi connectivity index (χ0) is 29.0. The van der Waals surface area contributed by atoms with E-state index in [2.05, 4.69) is 12.2 Å². The fourth-order valence-corrected chi connectivity index (χ4v) is 3.67. The average Bonchev–Trinajstić information content (AvgIpc) is 2.97. The van der Waals surface area contributed by atoms with Crippen molar-refractivity contribution in [3.8, 4) is 11.5 Å². The highest BCUT2D eigenvalue weighted by molar-refractivity contribution is 6.05. The number of esters is 2. The van der Waals surface area contributed by atoms with Crippen LogP contribution in [0.2, 0.25) is 0 Å². The van der Waals surface area contributed by atoms with Gasteiger partial charge in [-0.25, -0.2) is 9.59 Å². The van der Waals surface area contributed by atoms with Crippen LogP contribution in [0.25, 0.3) is 0 Å². The first-order valence-electron chi connectivity index (χ1n) is 14.3. The van der Waals surface area contributed by atoms with Crippen molar-refractivity contribution in [2.45, 2.75) is 78.6 Å². The van der Waals surface area contributed by atoms with E-state index in [0.29, 0.717) is 36.4 Å². The molecular weight excluding hydrogens is 510 g/mol. The monoisotopic (exact) mass is 553 g/mol. The summed E-state index contributed by atoms with van der Waals surface area (Å²) in [6.45, 7) is 6.96. The molecule has 0 aliphatic carbocycles. The number of amides is 1. The zero-order valence-corrected chi connectivity index (χ0v) is 24.0. The van der Waals surface area contributed by atoms with Gasteiger partial charge in [0.15, 0.2) is 5.75 Å². The minimum Gasteiger partial charge on any atom is -0.494 e. The Hall–Kier alpha value is -3.81.